The second kappa shape index (κ2) is 8.35. The standard InChI is InChI=1S/C17H19NO5S/c1-22-12-4-6-14(23-2)11(9-12)3-8-16(19)18-10-13-5-7-15(24-13)17(20)21/h4-7,9H,3,8,10H2,1-2H3,(H,18,19)(H,20,21). The summed E-state index contributed by atoms with van der Waals surface area (Å²) in [6.45, 7) is 0.325. The number of aromatic carboxylic acids is 1. The molecular weight excluding hydrogens is 330 g/mol. The highest BCUT2D eigenvalue weighted by atomic mass is 32.1. The van der Waals surface area contributed by atoms with E-state index in [2.05, 4.69) is 5.32 Å². The second-order valence-electron chi connectivity index (χ2n) is 5.03. The number of carboxylic acids is 1. The van der Waals surface area contributed by atoms with Crippen LogP contribution < -0.4 is 14.8 Å². The molecule has 0 atom stereocenters. The van der Waals surface area contributed by atoms with Crippen molar-refractivity contribution in [3.63, 3.8) is 0 Å². The van der Waals surface area contributed by atoms with Crippen LogP contribution in [0.3, 0.4) is 0 Å². The normalized spacial score (nSPS) is 10.2. The largest absolute Gasteiger partial charge is 0.497 e. The van der Waals surface area contributed by atoms with E-state index in [1.54, 1.807) is 26.4 Å². The number of ether oxygens (including phenoxy) is 2. The van der Waals surface area contributed by atoms with E-state index in [9.17, 15) is 9.59 Å². The highest BCUT2D eigenvalue weighted by Gasteiger charge is 2.10. The van der Waals surface area contributed by atoms with Crippen LogP contribution in [0, 0.1) is 0 Å². The molecule has 6 nitrogen and oxygen atoms in total. The van der Waals surface area contributed by atoms with E-state index in [0.717, 1.165) is 21.8 Å². The highest BCUT2D eigenvalue weighted by molar-refractivity contribution is 7.13. The smallest absolute Gasteiger partial charge is 0.345 e. The Bertz CT molecular complexity index is 726. The maximum absolute atomic E-state index is 12.0. The molecule has 2 rings (SSSR count). The van der Waals surface area contributed by atoms with Crippen molar-refractivity contribution in [2.45, 2.75) is 19.4 Å². The maximum Gasteiger partial charge on any atom is 0.345 e. The van der Waals surface area contributed by atoms with Crippen molar-refractivity contribution in [2.24, 2.45) is 0 Å². The highest BCUT2D eigenvalue weighted by Crippen LogP contribution is 2.25. The van der Waals surface area contributed by atoms with Gasteiger partial charge in [0.25, 0.3) is 0 Å². The fourth-order valence-corrected chi connectivity index (χ4v) is 2.97. The average molecular weight is 349 g/mol. The minimum Gasteiger partial charge on any atom is -0.497 e. The molecule has 1 aromatic heterocycles. The molecule has 0 aliphatic carbocycles. The molecule has 0 aliphatic heterocycles. The first-order valence-corrected chi connectivity index (χ1v) is 8.14. The Kier molecular flexibility index (Phi) is 6.20. The van der Waals surface area contributed by atoms with Crippen LogP contribution in [0.2, 0.25) is 0 Å². The molecule has 0 saturated carbocycles. The van der Waals surface area contributed by atoms with Crippen LogP contribution in [0.15, 0.2) is 30.3 Å². The summed E-state index contributed by atoms with van der Waals surface area (Å²) >= 11 is 1.16. The minimum absolute atomic E-state index is 0.106. The molecule has 0 fully saturated rings. The lowest BCUT2D eigenvalue weighted by Gasteiger charge is -2.10. The molecule has 0 radical (unpaired) electrons. The van der Waals surface area contributed by atoms with Gasteiger partial charge in [-0.05, 0) is 42.3 Å². The number of carbonyl (C=O) groups excluding carboxylic acids is 1. The van der Waals surface area contributed by atoms with Gasteiger partial charge in [0.05, 0.1) is 20.8 Å². The Balaban J connectivity index is 1.87. The zero-order chi connectivity index (χ0) is 17.5. The van der Waals surface area contributed by atoms with Crippen LogP contribution in [0.1, 0.15) is 26.5 Å². The Morgan fingerprint density at radius 3 is 2.58 bits per heavy atom. The summed E-state index contributed by atoms with van der Waals surface area (Å²) in [5.41, 5.74) is 0.899. The average Bonchev–Trinajstić information content (AvgIpc) is 3.07. The van der Waals surface area contributed by atoms with Crippen LogP contribution in [-0.2, 0) is 17.8 Å². The minimum atomic E-state index is -0.956. The van der Waals surface area contributed by atoms with Crippen molar-refractivity contribution >= 4 is 23.2 Å². The zero-order valence-corrected chi connectivity index (χ0v) is 14.3. The number of aryl methyl sites for hydroxylation is 1. The van der Waals surface area contributed by atoms with Gasteiger partial charge in [0, 0.05) is 11.3 Å². The van der Waals surface area contributed by atoms with Gasteiger partial charge in [0.2, 0.25) is 5.91 Å². The predicted octanol–water partition coefficient (Wildman–Crippen LogP) is 2.71. The SMILES string of the molecule is COc1ccc(OC)c(CCC(=O)NCc2ccc(C(=O)O)s2)c1. The van der Waals surface area contributed by atoms with Gasteiger partial charge < -0.3 is 19.9 Å². The third-order valence-electron chi connectivity index (χ3n) is 3.44. The fourth-order valence-electron chi connectivity index (χ4n) is 2.19. The van der Waals surface area contributed by atoms with Gasteiger partial charge in [0.15, 0.2) is 0 Å². The number of methoxy groups -OCH3 is 2. The molecule has 0 unspecified atom stereocenters. The molecule has 1 aromatic carbocycles. The lowest BCUT2D eigenvalue weighted by atomic mass is 10.1. The first-order valence-electron chi connectivity index (χ1n) is 7.33. The summed E-state index contributed by atoms with van der Waals surface area (Å²) in [5.74, 6) is 0.367. The number of carbonyl (C=O) groups is 2. The van der Waals surface area contributed by atoms with Crippen LogP contribution >= 0.6 is 11.3 Å². The summed E-state index contributed by atoms with van der Waals surface area (Å²) in [7, 11) is 3.17. The molecule has 0 bridgehead atoms. The van der Waals surface area contributed by atoms with E-state index in [-0.39, 0.29) is 10.8 Å². The first kappa shape index (κ1) is 17.8. The monoisotopic (exact) mass is 349 g/mol. The van der Waals surface area contributed by atoms with Crippen molar-refractivity contribution in [2.75, 3.05) is 14.2 Å². The Morgan fingerprint density at radius 1 is 1.17 bits per heavy atom. The summed E-state index contributed by atoms with van der Waals surface area (Å²) in [4.78, 5) is 23.9. The molecule has 128 valence electrons. The van der Waals surface area contributed by atoms with Gasteiger partial charge >= 0.3 is 5.97 Å². The van der Waals surface area contributed by atoms with Crippen molar-refractivity contribution in [1.82, 2.24) is 5.32 Å². The molecule has 0 saturated heterocycles. The lowest BCUT2D eigenvalue weighted by molar-refractivity contribution is -0.121. The number of nitrogens with one attached hydrogen (secondary N) is 1. The number of benzene rings is 1. The third-order valence-corrected chi connectivity index (χ3v) is 4.51. The molecule has 24 heavy (non-hydrogen) atoms. The molecule has 0 spiro atoms. The quantitative estimate of drug-likeness (QED) is 0.765. The van der Waals surface area contributed by atoms with E-state index in [1.807, 2.05) is 12.1 Å². The van der Waals surface area contributed by atoms with Gasteiger partial charge in [-0.15, -0.1) is 11.3 Å². The third kappa shape index (κ3) is 4.73. The first-order chi connectivity index (χ1) is 11.5. The van der Waals surface area contributed by atoms with E-state index < -0.39 is 5.97 Å². The molecule has 2 aromatic rings. The zero-order valence-electron chi connectivity index (χ0n) is 13.5. The second-order valence-corrected chi connectivity index (χ2v) is 6.19. The number of carboxylic acid groups (broad SMARTS) is 1. The molecule has 1 heterocycles. The van der Waals surface area contributed by atoms with Gasteiger partial charge in [-0.25, -0.2) is 4.79 Å². The topological polar surface area (TPSA) is 84.9 Å². The number of hydrogen-bond acceptors (Lipinski definition) is 5. The van der Waals surface area contributed by atoms with Gasteiger partial charge in [-0.2, -0.15) is 0 Å². The van der Waals surface area contributed by atoms with Gasteiger partial charge in [-0.3, -0.25) is 4.79 Å². The summed E-state index contributed by atoms with van der Waals surface area (Å²) < 4.78 is 10.5. The lowest BCUT2D eigenvalue weighted by Crippen LogP contribution is -2.22. The van der Waals surface area contributed by atoms with Crippen LogP contribution in [0.25, 0.3) is 0 Å². The van der Waals surface area contributed by atoms with E-state index in [1.165, 1.54) is 6.07 Å². The Morgan fingerprint density at radius 2 is 1.96 bits per heavy atom. The summed E-state index contributed by atoms with van der Waals surface area (Å²) in [5, 5.41) is 11.7. The van der Waals surface area contributed by atoms with E-state index in [0.29, 0.717) is 30.9 Å². The Hall–Kier alpha value is -2.54. The molecule has 7 heteroatoms. The molecular formula is C17H19NO5S. The summed E-state index contributed by atoms with van der Waals surface area (Å²) in [6, 6.07) is 8.71. The van der Waals surface area contributed by atoms with Crippen LogP contribution in [0.5, 0.6) is 11.5 Å². The van der Waals surface area contributed by atoms with Crippen LogP contribution in [-0.4, -0.2) is 31.2 Å². The van der Waals surface area contributed by atoms with Crippen LogP contribution in [0.4, 0.5) is 0 Å². The van der Waals surface area contributed by atoms with Gasteiger partial charge in [0.1, 0.15) is 16.4 Å². The van der Waals surface area contributed by atoms with E-state index >= 15 is 0 Å². The van der Waals surface area contributed by atoms with E-state index in [4.69, 9.17) is 14.6 Å². The number of amides is 1. The molecule has 0 aliphatic rings. The van der Waals surface area contributed by atoms with Crippen molar-refractivity contribution < 1.29 is 24.2 Å². The van der Waals surface area contributed by atoms with Crippen molar-refractivity contribution in [3.05, 3.63) is 45.6 Å². The number of thiophene rings is 1. The number of hydrogen-bond donors (Lipinski definition) is 2. The predicted molar refractivity (Wildman–Crippen MR) is 91.0 cm³/mol. The summed E-state index contributed by atoms with van der Waals surface area (Å²) in [6.07, 6.45) is 0.831. The van der Waals surface area contributed by atoms with Crippen molar-refractivity contribution in [1.29, 1.82) is 0 Å². The molecule has 1 amide bonds. The Labute approximate surface area is 144 Å². The fraction of sp³-hybridized carbons (Fsp3) is 0.294. The van der Waals surface area contributed by atoms with Gasteiger partial charge in [-0.1, -0.05) is 0 Å². The maximum atomic E-state index is 12.0. The molecule has 2 N–H and O–H groups in total. The number of rotatable bonds is 8. The van der Waals surface area contributed by atoms with Crippen molar-refractivity contribution in [3.8, 4) is 11.5 Å².